The van der Waals surface area contributed by atoms with Crippen molar-refractivity contribution in [2.75, 3.05) is 26.3 Å². The third kappa shape index (κ3) is 3.51. The molecular weight excluding hydrogens is 280 g/mol. The van der Waals surface area contributed by atoms with E-state index >= 15 is 0 Å². The number of nitrogens with one attached hydrogen (secondary N) is 2. The molecular formula is C16H26N4O2. The van der Waals surface area contributed by atoms with Crippen molar-refractivity contribution in [1.29, 1.82) is 0 Å². The minimum Gasteiger partial charge on any atom is -0.367 e. The third-order valence-corrected chi connectivity index (χ3v) is 5.09. The van der Waals surface area contributed by atoms with Gasteiger partial charge < -0.3 is 4.98 Å². The highest BCUT2D eigenvalue weighted by atomic mass is 16.5. The zero-order valence-corrected chi connectivity index (χ0v) is 13.0. The van der Waals surface area contributed by atoms with Crippen molar-refractivity contribution in [3.05, 3.63) is 24.0 Å². The highest BCUT2D eigenvalue weighted by molar-refractivity contribution is 5.80. The third-order valence-electron chi connectivity index (χ3n) is 5.09. The van der Waals surface area contributed by atoms with Crippen molar-refractivity contribution in [2.24, 2.45) is 0 Å². The van der Waals surface area contributed by atoms with E-state index in [-0.39, 0.29) is 11.9 Å². The minimum absolute atomic E-state index is 0.179. The van der Waals surface area contributed by atoms with E-state index in [4.69, 9.17) is 5.21 Å². The Morgan fingerprint density at radius 2 is 2.09 bits per heavy atom. The van der Waals surface area contributed by atoms with Crippen LogP contribution in [0.25, 0.3) is 0 Å². The Morgan fingerprint density at radius 3 is 2.77 bits per heavy atom. The lowest BCUT2D eigenvalue weighted by atomic mass is 9.91. The Hall–Kier alpha value is -1.37. The van der Waals surface area contributed by atoms with E-state index in [0.717, 1.165) is 45.6 Å². The fourth-order valence-electron chi connectivity index (χ4n) is 3.79. The van der Waals surface area contributed by atoms with Crippen LogP contribution in [0, 0.1) is 0 Å². The van der Waals surface area contributed by atoms with Gasteiger partial charge >= 0.3 is 0 Å². The molecule has 1 amide bonds. The number of aromatic nitrogens is 1. The first-order valence-electron chi connectivity index (χ1n) is 8.31. The fraction of sp³-hybridized carbons (Fsp3) is 0.688. The van der Waals surface area contributed by atoms with Gasteiger partial charge in [0.1, 0.15) is 0 Å². The molecule has 0 aromatic carbocycles. The Kier molecular flexibility index (Phi) is 5.12. The lowest BCUT2D eigenvalue weighted by Crippen LogP contribution is -2.53. The van der Waals surface area contributed by atoms with E-state index < -0.39 is 0 Å². The number of carbonyl (C=O) groups is 1. The summed E-state index contributed by atoms with van der Waals surface area (Å²) < 4.78 is 0. The zero-order chi connectivity index (χ0) is 15.4. The molecule has 3 heterocycles. The van der Waals surface area contributed by atoms with Crippen molar-refractivity contribution >= 4 is 5.91 Å². The number of piperidine rings is 2. The van der Waals surface area contributed by atoms with Gasteiger partial charge in [0.2, 0.25) is 0 Å². The summed E-state index contributed by atoms with van der Waals surface area (Å²) in [5.41, 5.74) is 3.24. The van der Waals surface area contributed by atoms with Gasteiger partial charge in [0.25, 0.3) is 5.91 Å². The van der Waals surface area contributed by atoms with E-state index in [9.17, 15) is 4.79 Å². The van der Waals surface area contributed by atoms with Gasteiger partial charge in [-0.1, -0.05) is 6.42 Å². The molecule has 0 spiro atoms. The molecule has 6 heteroatoms. The van der Waals surface area contributed by atoms with Crippen molar-refractivity contribution in [2.45, 2.75) is 44.1 Å². The molecule has 0 bridgehead atoms. The number of hydrogen-bond donors (Lipinski definition) is 3. The Balaban J connectivity index is 1.52. The van der Waals surface area contributed by atoms with Gasteiger partial charge in [0.05, 0.1) is 12.7 Å². The number of H-pyrrole nitrogens is 1. The highest BCUT2D eigenvalue weighted by Crippen LogP contribution is 2.28. The summed E-state index contributed by atoms with van der Waals surface area (Å²) >= 11 is 0. The summed E-state index contributed by atoms with van der Waals surface area (Å²) in [7, 11) is 0. The van der Waals surface area contributed by atoms with E-state index in [1.807, 2.05) is 11.7 Å². The lowest BCUT2D eigenvalue weighted by molar-refractivity contribution is -0.137. The molecule has 1 aromatic heterocycles. The highest BCUT2D eigenvalue weighted by Gasteiger charge is 2.30. The second-order valence-corrected chi connectivity index (χ2v) is 6.48. The number of aromatic amines is 1. The van der Waals surface area contributed by atoms with Gasteiger partial charge in [0, 0.05) is 18.9 Å². The van der Waals surface area contributed by atoms with E-state index in [0.29, 0.717) is 5.92 Å². The number of rotatable bonds is 4. The van der Waals surface area contributed by atoms with Crippen molar-refractivity contribution in [1.82, 2.24) is 20.3 Å². The predicted molar refractivity (Wildman–Crippen MR) is 83.5 cm³/mol. The SMILES string of the molecule is O=C(NO)C1CCCCN1CN1CCC(c2cc[nH]c2)CC1. The standard InChI is InChI=1S/C16H26N4O2/c21-16(18-22)15-3-1-2-8-20(15)12-19-9-5-13(6-10-19)14-4-7-17-11-14/h4,7,11,13,15,17,22H,1-3,5-6,8-10,12H2,(H,18,21). The van der Waals surface area contributed by atoms with Gasteiger partial charge in [-0.05, 0) is 56.3 Å². The Morgan fingerprint density at radius 1 is 1.27 bits per heavy atom. The molecule has 2 aliphatic heterocycles. The van der Waals surface area contributed by atoms with Crippen LogP contribution in [-0.4, -0.2) is 58.2 Å². The van der Waals surface area contributed by atoms with Crippen LogP contribution in [-0.2, 0) is 4.79 Å². The molecule has 6 nitrogen and oxygen atoms in total. The maximum atomic E-state index is 11.8. The molecule has 0 saturated carbocycles. The van der Waals surface area contributed by atoms with E-state index in [1.54, 1.807) is 0 Å². The smallest absolute Gasteiger partial charge is 0.260 e. The van der Waals surface area contributed by atoms with Crippen LogP contribution in [0.2, 0.25) is 0 Å². The van der Waals surface area contributed by atoms with Crippen LogP contribution < -0.4 is 5.48 Å². The summed E-state index contributed by atoms with van der Waals surface area (Å²) in [6.45, 7) is 3.91. The predicted octanol–water partition coefficient (Wildman–Crippen LogP) is 1.51. The van der Waals surface area contributed by atoms with Crippen LogP contribution in [0.5, 0.6) is 0 Å². The molecule has 0 aliphatic carbocycles. The summed E-state index contributed by atoms with van der Waals surface area (Å²) in [5, 5.41) is 8.91. The molecule has 2 aliphatic rings. The summed E-state index contributed by atoms with van der Waals surface area (Å²) in [6, 6.07) is 1.99. The summed E-state index contributed by atoms with van der Waals surface area (Å²) in [6.07, 6.45) is 9.47. The normalized spacial score (nSPS) is 25.2. The number of carbonyl (C=O) groups excluding carboxylic acids is 1. The molecule has 22 heavy (non-hydrogen) atoms. The first-order valence-corrected chi connectivity index (χ1v) is 8.31. The first-order chi connectivity index (χ1) is 10.8. The second-order valence-electron chi connectivity index (χ2n) is 6.48. The molecule has 0 radical (unpaired) electrons. The number of hydrogen-bond acceptors (Lipinski definition) is 4. The molecule has 1 aromatic rings. The maximum absolute atomic E-state index is 11.8. The molecule has 3 N–H and O–H groups in total. The molecule has 1 atom stereocenters. The van der Waals surface area contributed by atoms with Gasteiger partial charge in [-0.3, -0.25) is 19.8 Å². The number of amides is 1. The van der Waals surface area contributed by atoms with Gasteiger partial charge in [-0.25, -0.2) is 5.48 Å². The fourth-order valence-corrected chi connectivity index (χ4v) is 3.79. The van der Waals surface area contributed by atoms with Crippen LogP contribution in [0.1, 0.15) is 43.6 Å². The largest absolute Gasteiger partial charge is 0.367 e. The quantitative estimate of drug-likeness (QED) is 0.582. The zero-order valence-electron chi connectivity index (χ0n) is 13.0. The van der Waals surface area contributed by atoms with Gasteiger partial charge in [-0.2, -0.15) is 0 Å². The molecule has 122 valence electrons. The van der Waals surface area contributed by atoms with Crippen LogP contribution in [0.4, 0.5) is 0 Å². The molecule has 2 fully saturated rings. The number of nitrogens with zero attached hydrogens (tertiary/aromatic N) is 2. The molecule has 1 unspecified atom stereocenters. The van der Waals surface area contributed by atoms with Crippen LogP contribution in [0.15, 0.2) is 18.5 Å². The van der Waals surface area contributed by atoms with Crippen LogP contribution >= 0.6 is 0 Å². The Labute approximate surface area is 131 Å². The number of hydroxylamine groups is 1. The summed E-state index contributed by atoms with van der Waals surface area (Å²) in [4.78, 5) is 19.6. The van der Waals surface area contributed by atoms with Crippen molar-refractivity contribution < 1.29 is 10.0 Å². The number of likely N-dealkylation sites (tertiary alicyclic amines) is 2. The van der Waals surface area contributed by atoms with Gasteiger partial charge in [-0.15, -0.1) is 0 Å². The van der Waals surface area contributed by atoms with Crippen molar-refractivity contribution in [3.63, 3.8) is 0 Å². The Bertz CT molecular complexity index is 469. The topological polar surface area (TPSA) is 71.6 Å². The van der Waals surface area contributed by atoms with E-state index in [1.165, 1.54) is 18.4 Å². The van der Waals surface area contributed by atoms with Crippen LogP contribution in [0.3, 0.4) is 0 Å². The summed E-state index contributed by atoms with van der Waals surface area (Å²) in [5.74, 6) is 0.391. The lowest BCUT2D eigenvalue weighted by Gasteiger charge is -2.40. The average Bonchev–Trinajstić information content (AvgIpc) is 3.10. The average molecular weight is 306 g/mol. The van der Waals surface area contributed by atoms with Gasteiger partial charge in [0.15, 0.2) is 0 Å². The second kappa shape index (κ2) is 7.26. The molecule has 2 saturated heterocycles. The monoisotopic (exact) mass is 306 g/mol. The molecule has 3 rings (SSSR count). The van der Waals surface area contributed by atoms with Crippen molar-refractivity contribution in [3.8, 4) is 0 Å². The first kappa shape index (κ1) is 15.5. The minimum atomic E-state index is -0.262. The maximum Gasteiger partial charge on any atom is 0.260 e. The van der Waals surface area contributed by atoms with E-state index in [2.05, 4.69) is 27.0 Å².